The molecule has 32 heavy (non-hydrogen) atoms. The highest BCUT2D eigenvalue weighted by Gasteiger charge is 2.27. The maximum absolute atomic E-state index is 14.5. The van der Waals surface area contributed by atoms with E-state index in [0.717, 1.165) is 0 Å². The summed E-state index contributed by atoms with van der Waals surface area (Å²) >= 11 is 0. The van der Waals surface area contributed by atoms with E-state index < -0.39 is 17.7 Å². The Bertz CT molecular complexity index is 1020. The number of hydrogen-bond acceptors (Lipinski definition) is 5. The number of esters is 1. The third kappa shape index (κ3) is 4.91. The number of halogens is 1. The molecule has 1 aromatic carbocycles. The second kappa shape index (κ2) is 10.1. The normalized spacial score (nSPS) is 14.5. The third-order valence-electron chi connectivity index (χ3n) is 5.80. The molecular formula is C24H29FN2O5. The number of carbonyl (C=O) groups is 3. The van der Waals surface area contributed by atoms with Crippen LogP contribution >= 0.6 is 0 Å². The zero-order valence-corrected chi connectivity index (χ0v) is 18.9. The first kappa shape index (κ1) is 23.7. The summed E-state index contributed by atoms with van der Waals surface area (Å²) in [6, 6.07) is 4.12. The van der Waals surface area contributed by atoms with Gasteiger partial charge in [-0.1, -0.05) is 6.07 Å². The summed E-state index contributed by atoms with van der Waals surface area (Å²) in [5, 5.41) is 0. The number of benzene rings is 1. The Kier molecular flexibility index (Phi) is 7.45. The topological polar surface area (TPSA) is 88.7 Å². The van der Waals surface area contributed by atoms with E-state index in [1.807, 2.05) is 6.92 Å². The Labute approximate surface area is 186 Å². The number of ketones is 1. The lowest BCUT2D eigenvalue weighted by atomic mass is 9.97. The van der Waals surface area contributed by atoms with Crippen molar-refractivity contribution in [3.05, 3.63) is 57.7 Å². The highest BCUT2D eigenvalue weighted by atomic mass is 19.1. The van der Waals surface area contributed by atoms with Crippen LogP contribution in [0.2, 0.25) is 0 Å². The Balaban J connectivity index is 1.79. The molecule has 0 bridgehead atoms. The molecule has 0 spiro atoms. The van der Waals surface area contributed by atoms with Crippen molar-refractivity contribution in [3.8, 4) is 0 Å². The summed E-state index contributed by atoms with van der Waals surface area (Å²) in [6.45, 7) is 6.95. The van der Waals surface area contributed by atoms with Crippen LogP contribution < -0.4 is 0 Å². The van der Waals surface area contributed by atoms with Gasteiger partial charge in [0.25, 0.3) is 5.91 Å². The molecule has 0 aliphatic carbocycles. The highest BCUT2D eigenvalue weighted by molar-refractivity contribution is 6.09. The molecular weight excluding hydrogens is 415 g/mol. The molecule has 2 heterocycles. The molecule has 7 nitrogen and oxygen atoms in total. The molecule has 1 aliphatic heterocycles. The maximum Gasteiger partial charge on any atom is 0.340 e. The van der Waals surface area contributed by atoms with Crippen LogP contribution in [0.25, 0.3) is 0 Å². The van der Waals surface area contributed by atoms with Gasteiger partial charge in [0.05, 0.1) is 29.9 Å². The van der Waals surface area contributed by atoms with Crippen molar-refractivity contribution >= 4 is 17.7 Å². The average molecular weight is 445 g/mol. The first-order valence-electron chi connectivity index (χ1n) is 10.8. The van der Waals surface area contributed by atoms with Crippen LogP contribution in [0.4, 0.5) is 4.39 Å². The summed E-state index contributed by atoms with van der Waals surface area (Å²) < 4.78 is 24.9. The van der Waals surface area contributed by atoms with E-state index in [1.165, 1.54) is 25.3 Å². The van der Waals surface area contributed by atoms with Crippen molar-refractivity contribution in [3.63, 3.8) is 0 Å². The number of rotatable bonds is 7. The molecule has 1 aromatic heterocycles. The smallest absolute Gasteiger partial charge is 0.340 e. The van der Waals surface area contributed by atoms with Crippen molar-refractivity contribution in [2.24, 2.45) is 0 Å². The van der Waals surface area contributed by atoms with Crippen LogP contribution in [0.5, 0.6) is 0 Å². The number of aromatic nitrogens is 1. The van der Waals surface area contributed by atoms with Gasteiger partial charge in [-0.25, -0.2) is 9.18 Å². The zero-order valence-electron chi connectivity index (χ0n) is 18.9. The van der Waals surface area contributed by atoms with Gasteiger partial charge in [-0.2, -0.15) is 0 Å². The molecule has 1 amide bonds. The van der Waals surface area contributed by atoms with E-state index in [4.69, 9.17) is 9.47 Å². The Morgan fingerprint density at radius 3 is 2.41 bits per heavy atom. The number of ether oxygens (including phenoxy) is 2. The van der Waals surface area contributed by atoms with Crippen LogP contribution in [-0.2, 0) is 15.9 Å². The predicted molar refractivity (Wildman–Crippen MR) is 117 cm³/mol. The SMILES string of the molecule is CCOC1CCN(C(=O)c2cc(CC(=O)c3c(C)[nH]c(C)c3C(=O)OC)ccc2F)CC1. The average Bonchev–Trinajstić information content (AvgIpc) is 3.08. The van der Waals surface area contributed by atoms with Crippen molar-refractivity contribution in [1.29, 1.82) is 0 Å². The van der Waals surface area contributed by atoms with E-state index in [0.29, 0.717) is 49.5 Å². The van der Waals surface area contributed by atoms with Crippen molar-refractivity contribution < 1.29 is 28.2 Å². The number of aromatic amines is 1. The molecule has 1 fully saturated rings. The van der Waals surface area contributed by atoms with E-state index in [2.05, 4.69) is 4.98 Å². The number of likely N-dealkylation sites (tertiary alicyclic amines) is 1. The molecule has 0 saturated carbocycles. The summed E-state index contributed by atoms with van der Waals surface area (Å²) in [6.07, 6.45) is 1.47. The number of amides is 1. The second-order valence-corrected chi connectivity index (χ2v) is 7.98. The van der Waals surface area contributed by atoms with Crippen LogP contribution in [0.1, 0.15) is 67.8 Å². The van der Waals surface area contributed by atoms with Crippen LogP contribution in [0, 0.1) is 19.7 Å². The lowest BCUT2D eigenvalue weighted by Gasteiger charge is -2.32. The number of methoxy groups -OCH3 is 1. The van der Waals surface area contributed by atoms with Gasteiger partial charge in [-0.15, -0.1) is 0 Å². The minimum atomic E-state index is -0.623. The van der Waals surface area contributed by atoms with Gasteiger partial charge in [0.2, 0.25) is 0 Å². The maximum atomic E-state index is 14.5. The Morgan fingerprint density at radius 1 is 1.12 bits per heavy atom. The molecule has 8 heteroatoms. The Morgan fingerprint density at radius 2 is 1.78 bits per heavy atom. The van der Waals surface area contributed by atoms with Gasteiger partial charge in [-0.05, 0) is 51.3 Å². The lowest BCUT2D eigenvalue weighted by Crippen LogP contribution is -2.41. The van der Waals surface area contributed by atoms with E-state index in [-0.39, 0.29) is 35.0 Å². The van der Waals surface area contributed by atoms with Gasteiger partial charge in [0.1, 0.15) is 5.82 Å². The number of piperidine rings is 1. The molecule has 1 saturated heterocycles. The number of Topliss-reactive ketones (excluding diaryl/α,β-unsaturated/α-hetero) is 1. The number of nitrogens with zero attached hydrogens (tertiary/aromatic N) is 1. The first-order chi connectivity index (χ1) is 15.3. The van der Waals surface area contributed by atoms with Crippen molar-refractivity contribution in [1.82, 2.24) is 9.88 Å². The molecule has 0 atom stereocenters. The molecule has 1 aliphatic rings. The third-order valence-corrected chi connectivity index (χ3v) is 5.80. The van der Waals surface area contributed by atoms with Gasteiger partial charge in [-0.3, -0.25) is 9.59 Å². The van der Waals surface area contributed by atoms with Gasteiger partial charge >= 0.3 is 5.97 Å². The minimum Gasteiger partial charge on any atom is -0.465 e. The standard InChI is InChI=1S/C24H29FN2O5/c1-5-32-17-8-10-27(11-9-17)23(29)18-12-16(6-7-19(18)25)13-20(28)21-14(2)26-15(3)22(21)24(30)31-4/h6-7,12,17,26H,5,8-11,13H2,1-4H3. The lowest BCUT2D eigenvalue weighted by molar-refractivity contribution is 0.0144. The van der Waals surface area contributed by atoms with E-state index in [1.54, 1.807) is 18.7 Å². The zero-order chi connectivity index (χ0) is 23.4. The van der Waals surface area contributed by atoms with Crippen LogP contribution in [0.15, 0.2) is 18.2 Å². The van der Waals surface area contributed by atoms with Crippen molar-refractivity contribution in [2.45, 2.75) is 46.1 Å². The predicted octanol–water partition coefficient (Wildman–Crippen LogP) is 3.62. The summed E-state index contributed by atoms with van der Waals surface area (Å²) in [7, 11) is 1.26. The molecule has 0 radical (unpaired) electrons. The number of nitrogens with one attached hydrogen (secondary N) is 1. The fraction of sp³-hybridized carbons (Fsp3) is 0.458. The highest BCUT2D eigenvalue weighted by Crippen LogP contribution is 2.23. The molecule has 1 N–H and O–H groups in total. The number of carbonyl (C=O) groups excluding carboxylic acids is 3. The number of hydrogen-bond donors (Lipinski definition) is 1. The summed E-state index contributed by atoms with van der Waals surface area (Å²) in [4.78, 5) is 42.7. The van der Waals surface area contributed by atoms with Gasteiger partial charge in [0, 0.05) is 37.5 Å². The molecule has 3 rings (SSSR count). The van der Waals surface area contributed by atoms with Crippen LogP contribution in [0.3, 0.4) is 0 Å². The molecule has 2 aromatic rings. The van der Waals surface area contributed by atoms with Crippen molar-refractivity contribution in [2.75, 3.05) is 26.8 Å². The quantitative estimate of drug-likeness (QED) is 0.521. The molecule has 172 valence electrons. The monoisotopic (exact) mass is 444 g/mol. The fourth-order valence-electron chi connectivity index (χ4n) is 4.24. The van der Waals surface area contributed by atoms with Gasteiger partial charge in [0.15, 0.2) is 5.78 Å². The fourth-order valence-corrected chi connectivity index (χ4v) is 4.24. The Hall–Kier alpha value is -3.00. The largest absolute Gasteiger partial charge is 0.465 e. The minimum absolute atomic E-state index is 0.0553. The second-order valence-electron chi connectivity index (χ2n) is 7.98. The van der Waals surface area contributed by atoms with E-state index >= 15 is 0 Å². The molecule has 0 unspecified atom stereocenters. The van der Waals surface area contributed by atoms with E-state index in [9.17, 15) is 18.8 Å². The first-order valence-corrected chi connectivity index (χ1v) is 10.8. The van der Waals surface area contributed by atoms with Crippen LogP contribution in [-0.4, -0.2) is 60.5 Å². The number of aryl methyl sites for hydroxylation is 2. The number of H-pyrrole nitrogens is 1. The summed E-state index contributed by atoms with van der Waals surface area (Å²) in [5.74, 6) is -1.92. The van der Waals surface area contributed by atoms with Gasteiger partial charge < -0.3 is 19.4 Å². The summed E-state index contributed by atoms with van der Waals surface area (Å²) in [5.41, 5.74) is 2.00.